The summed E-state index contributed by atoms with van der Waals surface area (Å²) in [7, 11) is 1.45. The van der Waals surface area contributed by atoms with Crippen LogP contribution >= 0.6 is 0 Å². The van der Waals surface area contributed by atoms with Gasteiger partial charge in [-0.2, -0.15) is 0 Å². The third-order valence-electron chi connectivity index (χ3n) is 2.28. The van der Waals surface area contributed by atoms with Crippen molar-refractivity contribution in [1.29, 1.82) is 0 Å². The molecule has 5 heteroatoms. The molecule has 0 radical (unpaired) electrons. The fraction of sp³-hybridized carbons (Fsp3) is 0.0833. The second-order valence-corrected chi connectivity index (χ2v) is 3.29. The summed E-state index contributed by atoms with van der Waals surface area (Å²) in [6.07, 6.45) is 3.36. The molecule has 0 saturated heterocycles. The lowest BCUT2D eigenvalue weighted by Crippen LogP contribution is -1.95. The Hall–Kier alpha value is -2.30. The molecule has 0 saturated carbocycles. The van der Waals surface area contributed by atoms with Crippen molar-refractivity contribution >= 4 is 6.29 Å². The third kappa shape index (κ3) is 2.13. The van der Waals surface area contributed by atoms with Crippen LogP contribution < -0.4 is 4.74 Å². The fourth-order valence-electron chi connectivity index (χ4n) is 1.42. The standard InChI is InChI=1S/C12H9FN2O2/c1-17-12-14-5-9(6-15-12)10-4-2-3-8(7-16)11(10)13/h2-7H,1H3. The average Bonchev–Trinajstić information content (AvgIpc) is 2.39. The van der Waals surface area contributed by atoms with Crippen LogP contribution in [0.2, 0.25) is 0 Å². The van der Waals surface area contributed by atoms with E-state index in [0.29, 0.717) is 11.8 Å². The molecule has 4 nitrogen and oxygen atoms in total. The molecule has 17 heavy (non-hydrogen) atoms. The molecule has 0 spiro atoms. The molecule has 0 atom stereocenters. The zero-order valence-corrected chi connectivity index (χ0v) is 9.05. The van der Waals surface area contributed by atoms with Crippen LogP contribution in [-0.4, -0.2) is 23.4 Å². The van der Waals surface area contributed by atoms with Gasteiger partial charge in [0.2, 0.25) is 0 Å². The average molecular weight is 232 g/mol. The smallest absolute Gasteiger partial charge is 0.316 e. The molecule has 0 amide bonds. The number of ether oxygens (including phenoxy) is 1. The van der Waals surface area contributed by atoms with Crippen LogP contribution in [0, 0.1) is 5.82 Å². The lowest BCUT2D eigenvalue weighted by Gasteiger charge is -2.04. The normalized spacial score (nSPS) is 10.0. The van der Waals surface area contributed by atoms with Gasteiger partial charge in [0.1, 0.15) is 5.82 Å². The summed E-state index contributed by atoms with van der Waals surface area (Å²) in [5, 5.41) is 0. The molecule has 2 aromatic rings. The van der Waals surface area contributed by atoms with E-state index in [2.05, 4.69) is 9.97 Å². The first-order valence-electron chi connectivity index (χ1n) is 4.86. The van der Waals surface area contributed by atoms with Crippen molar-refractivity contribution in [2.45, 2.75) is 0 Å². The SMILES string of the molecule is COc1ncc(-c2cccc(C=O)c2F)cn1. The number of hydrogen-bond acceptors (Lipinski definition) is 4. The first-order chi connectivity index (χ1) is 8.26. The molecule has 0 aliphatic rings. The van der Waals surface area contributed by atoms with Crippen molar-refractivity contribution in [2.75, 3.05) is 7.11 Å². The summed E-state index contributed by atoms with van der Waals surface area (Å²) in [4.78, 5) is 18.4. The van der Waals surface area contributed by atoms with Crippen LogP contribution in [-0.2, 0) is 0 Å². The molecule has 1 heterocycles. The van der Waals surface area contributed by atoms with Gasteiger partial charge >= 0.3 is 6.01 Å². The largest absolute Gasteiger partial charge is 0.467 e. The van der Waals surface area contributed by atoms with Gasteiger partial charge in [0.25, 0.3) is 0 Å². The van der Waals surface area contributed by atoms with E-state index in [0.717, 1.165) is 0 Å². The number of benzene rings is 1. The van der Waals surface area contributed by atoms with Crippen molar-refractivity contribution in [3.63, 3.8) is 0 Å². The van der Waals surface area contributed by atoms with Crippen LogP contribution in [0.15, 0.2) is 30.6 Å². The van der Waals surface area contributed by atoms with Crippen molar-refractivity contribution in [2.24, 2.45) is 0 Å². The Kier molecular flexibility index (Phi) is 3.09. The van der Waals surface area contributed by atoms with Crippen molar-refractivity contribution in [3.8, 4) is 17.1 Å². The number of nitrogens with zero attached hydrogens (tertiary/aromatic N) is 2. The van der Waals surface area contributed by atoms with Crippen LogP contribution in [0.3, 0.4) is 0 Å². The van der Waals surface area contributed by atoms with Gasteiger partial charge < -0.3 is 4.74 Å². The topological polar surface area (TPSA) is 52.1 Å². The molecule has 0 N–H and O–H groups in total. The Bertz CT molecular complexity index is 541. The monoisotopic (exact) mass is 232 g/mol. The Morgan fingerprint density at radius 1 is 1.29 bits per heavy atom. The number of hydrogen-bond donors (Lipinski definition) is 0. The Morgan fingerprint density at radius 3 is 2.59 bits per heavy atom. The van der Waals surface area contributed by atoms with E-state index in [-0.39, 0.29) is 17.1 Å². The number of carbonyl (C=O) groups excluding carboxylic acids is 1. The van der Waals surface area contributed by atoms with Crippen molar-refractivity contribution in [3.05, 3.63) is 42.0 Å². The first-order valence-corrected chi connectivity index (χ1v) is 4.86. The van der Waals surface area contributed by atoms with E-state index < -0.39 is 5.82 Å². The quantitative estimate of drug-likeness (QED) is 0.760. The van der Waals surface area contributed by atoms with Crippen molar-refractivity contribution in [1.82, 2.24) is 9.97 Å². The van der Waals surface area contributed by atoms with Crippen LogP contribution in [0.5, 0.6) is 6.01 Å². The second-order valence-electron chi connectivity index (χ2n) is 3.29. The number of methoxy groups -OCH3 is 1. The summed E-state index contributed by atoms with van der Waals surface area (Å²) in [5.41, 5.74) is 0.794. The summed E-state index contributed by atoms with van der Waals surface area (Å²) in [6.45, 7) is 0. The molecule has 0 unspecified atom stereocenters. The lowest BCUT2D eigenvalue weighted by molar-refractivity contribution is 0.112. The van der Waals surface area contributed by atoms with Crippen molar-refractivity contribution < 1.29 is 13.9 Å². The maximum Gasteiger partial charge on any atom is 0.316 e. The zero-order valence-electron chi connectivity index (χ0n) is 9.05. The summed E-state index contributed by atoms with van der Waals surface area (Å²) >= 11 is 0. The highest BCUT2D eigenvalue weighted by Crippen LogP contribution is 2.23. The van der Waals surface area contributed by atoms with E-state index >= 15 is 0 Å². The van der Waals surface area contributed by atoms with Crippen LogP contribution in [0.4, 0.5) is 4.39 Å². The van der Waals surface area contributed by atoms with E-state index in [1.807, 2.05) is 0 Å². The number of aldehydes is 1. The molecule has 0 fully saturated rings. The highest BCUT2D eigenvalue weighted by molar-refractivity contribution is 5.79. The molecule has 1 aromatic carbocycles. The Balaban J connectivity index is 2.48. The van der Waals surface area contributed by atoms with Gasteiger partial charge in [0, 0.05) is 23.5 Å². The minimum Gasteiger partial charge on any atom is -0.467 e. The zero-order chi connectivity index (χ0) is 12.3. The van der Waals surface area contributed by atoms with Gasteiger partial charge in [0.15, 0.2) is 6.29 Å². The predicted molar refractivity (Wildman–Crippen MR) is 59.4 cm³/mol. The van der Waals surface area contributed by atoms with E-state index in [1.165, 1.54) is 25.6 Å². The molecule has 1 aromatic heterocycles. The first kappa shape index (κ1) is 11.2. The molecule has 86 valence electrons. The molecule has 2 rings (SSSR count). The Morgan fingerprint density at radius 2 is 2.00 bits per heavy atom. The lowest BCUT2D eigenvalue weighted by atomic mass is 10.1. The van der Waals surface area contributed by atoms with Gasteiger partial charge in [0.05, 0.1) is 12.7 Å². The van der Waals surface area contributed by atoms with Gasteiger partial charge in [-0.25, -0.2) is 14.4 Å². The minimum atomic E-state index is -0.573. The van der Waals surface area contributed by atoms with E-state index in [9.17, 15) is 9.18 Å². The molecule has 0 aliphatic carbocycles. The summed E-state index contributed by atoms with van der Waals surface area (Å²) < 4.78 is 18.6. The number of rotatable bonds is 3. The molecule has 0 bridgehead atoms. The highest BCUT2D eigenvalue weighted by Gasteiger charge is 2.10. The maximum absolute atomic E-state index is 13.8. The predicted octanol–water partition coefficient (Wildman–Crippen LogP) is 2.10. The molecule has 0 aliphatic heterocycles. The summed E-state index contributed by atoms with van der Waals surface area (Å²) in [5.74, 6) is -0.573. The van der Waals surface area contributed by atoms with Crippen LogP contribution in [0.25, 0.3) is 11.1 Å². The molecular weight excluding hydrogens is 223 g/mol. The van der Waals surface area contributed by atoms with Gasteiger partial charge in [-0.05, 0) is 6.07 Å². The van der Waals surface area contributed by atoms with E-state index in [1.54, 1.807) is 12.1 Å². The van der Waals surface area contributed by atoms with Gasteiger partial charge in [-0.15, -0.1) is 0 Å². The maximum atomic E-state index is 13.8. The minimum absolute atomic E-state index is 0.0123. The third-order valence-corrected chi connectivity index (χ3v) is 2.28. The second kappa shape index (κ2) is 4.69. The van der Waals surface area contributed by atoms with Gasteiger partial charge in [-0.1, -0.05) is 12.1 Å². The number of halogens is 1. The van der Waals surface area contributed by atoms with E-state index in [4.69, 9.17) is 4.74 Å². The highest BCUT2D eigenvalue weighted by atomic mass is 19.1. The van der Waals surface area contributed by atoms with Crippen LogP contribution in [0.1, 0.15) is 10.4 Å². The molecular formula is C12H9FN2O2. The Labute approximate surface area is 97.1 Å². The fourth-order valence-corrected chi connectivity index (χ4v) is 1.42. The number of aromatic nitrogens is 2. The van der Waals surface area contributed by atoms with Gasteiger partial charge in [-0.3, -0.25) is 4.79 Å². The summed E-state index contributed by atoms with van der Waals surface area (Å²) in [6, 6.07) is 4.79. The number of carbonyl (C=O) groups is 1.